The topological polar surface area (TPSA) is 89.5 Å². The van der Waals surface area contributed by atoms with Gasteiger partial charge in [-0.2, -0.15) is 0 Å². The summed E-state index contributed by atoms with van der Waals surface area (Å²) in [6, 6.07) is 6.63. The van der Waals surface area contributed by atoms with Crippen LogP contribution < -0.4 is 23.7 Å². The molecule has 0 spiro atoms. The van der Waals surface area contributed by atoms with Crippen LogP contribution in [-0.4, -0.2) is 45.8 Å². The molecule has 2 aliphatic heterocycles. The fourth-order valence-corrected chi connectivity index (χ4v) is 3.82. The van der Waals surface area contributed by atoms with Crippen molar-refractivity contribution in [2.45, 2.75) is 25.9 Å². The maximum atomic E-state index is 13.0. The van der Waals surface area contributed by atoms with E-state index in [1.807, 2.05) is 0 Å². The van der Waals surface area contributed by atoms with E-state index in [9.17, 15) is 9.59 Å². The Balaban J connectivity index is 1.62. The maximum Gasteiger partial charge on any atom is 0.340 e. The van der Waals surface area contributed by atoms with Gasteiger partial charge in [0.25, 0.3) is 0 Å². The lowest BCUT2D eigenvalue weighted by Crippen LogP contribution is -2.24. The lowest BCUT2D eigenvalue weighted by molar-refractivity contribution is -0.144. The quantitative estimate of drug-likeness (QED) is 0.381. The number of rotatable bonds is 6. The van der Waals surface area contributed by atoms with E-state index < -0.39 is 12.1 Å². The van der Waals surface area contributed by atoms with Gasteiger partial charge in [-0.1, -0.05) is 0 Å². The number of benzene rings is 2. The minimum Gasteiger partial charge on any atom is -0.493 e. The van der Waals surface area contributed by atoms with E-state index in [-0.39, 0.29) is 11.5 Å². The second-order valence-electron chi connectivity index (χ2n) is 7.43. The molecule has 0 aliphatic carbocycles. The Kier molecular flexibility index (Phi) is 6.05. The Bertz CT molecular complexity index is 1070. The Morgan fingerprint density at radius 2 is 1.78 bits per heavy atom. The molecular formula is C24H24O8. The highest BCUT2D eigenvalue weighted by molar-refractivity contribution is 6.15. The van der Waals surface area contributed by atoms with Gasteiger partial charge in [-0.3, -0.25) is 4.79 Å². The highest BCUT2D eigenvalue weighted by Gasteiger charge is 2.31. The zero-order valence-corrected chi connectivity index (χ0v) is 18.4. The average molecular weight is 440 g/mol. The van der Waals surface area contributed by atoms with Gasteiger partial charge in [0, 0.05) is 12.7 Å². The van der Waals surface area contributed by atoms with Gasteiger partial charge in [0.1, 0.15) is 11.5 Å². The standard InChI is InChI=1S/C24H24O8/c1-13-8-15(31-24(26)16-6-5-7-30-16)12-17-21(13)22(25)18(32-17)9-14-10-19(27-2)23(29-4)20(11-14)28-3/h8-12,16H,5-7H2,1-4H3/b18-9-. The van der Waals surface area contributed by atoms with Crippen LogP contribution >= 0.6 is 0 Å². The number of Topliss-reactive ketones (excluding diaryl/α,β-unsaturated/α-hetero) is 1. The van der Waals surface area contributed by atoms with E-state index >= 15 is 0 Å². The van der Waals surface area contributed by atoms with Crippen LogP contribution in [0.5, 0.6) is 28.7 Å². The molecule has 4 rings (SSSR count). The second kappa shape index (κ2) is 8.92. The number of methoxy groups -OCH3 is 3. The Hall–Kier alpha value is -3.52. The lowest BCUT2D eigenvalue weighted by Gasteiger charge is -2.13. The predicted molar refractivity (Wildman–Crippen MR) is 115 cm³/mol. The minimum absolute atomic E-state index is 0.139. The molecule has 1 unspecified atom stereocenters. The predicted octanol–water partition coefficient (Wildman–Crippen LogP) is 3.72. The number of ether oxygens (including phenoxy) is 6. The summed E-state index contributed by atoms with van der Waals surface area (Å²) in [5, 5.41) is 0. The molecule has 0 radical (unpaired) electrons. The van der Waals surface area contributed by atoms with Gasteiger partial charge >= 0.3 is 5.97 Å². The highest BCUT2D eigenvalue weighted by atomic mass is 16.6. The molecule has 0 amide bonds. The van der Waals surface area contributed by atoms with Crippen LogP contribution in [-0.2, 0) is 9.53 Å². The highest BCUT2D eigenvalue weighted by Crippen LogP contribution is 2.41. The van der Waals surface area contributed by atoms with Crippen molar-refractivity contribution < 1.29 is 38.0 Å². The van der Waals surface area contributed by atoms with Gasteiger partial charge in [-0.05, 0) is 55.2 Å². The van der Waals surface area contributed by atoms with Crippen molar-refractivity contribution in [3.63, 3.8) is 0 Å². The fraction of sp³-hybridized carbons (Fsp3) is 0.333. The van der Waals surface area contributed by atoms with Crippen molar-refractivity contribution in [3.8, 4) is 28.7 Å². The number of hydrogen-bond donors (Lipinski definition) is 0. The summed E-state index contributed by atoms with van der Waals surface area (Å²) >= 11 is 0. The van der Waals surface area contributed by atoms with Gasteiger partial charge in [-0.15, -0.1) is 0 Å². The van der Waals surface area contributed by atoms with Crippen LogP contribution in [0.4, 0.5) is 0 Å². The van der Waals surface area contributed by atoms with Crippen LogP contribution in [0.15, 0.2) is 30.0 Å². The summed E-state index contributed by atoms with van der Waals surface area (Å²) < 4.78 is 32.7. The molecule has 2 aromatic carbocycles. The normalized spacial score (nSPS) is 18.3. The molecular weight excluding hydrogens is 416 g/mol. The van der Waals surface area contributed by atoms with Gasteiger partial charge < -0.3 is 28.4 Å². The second-order valence-corrected chi connectivity index (χ2v) is 7.43. The van der Waals surface area contributed by atoms with Gasteiger partial charge in [-0.25, -0.2) is 4.79 Å². The first-order valence-electron chi connectivity index (χ1n) is 10.2. The van der Waals surface area contributed by atoms with Crippen molar-refractivity contribution in [2.75, 3.05) is 27.9 Å². The number of ketones is 1. The van der Waals surface area contributed by atoms with Crippen LogP contribution in [0.25, 0.3) is 6.08 Å². The third-order valence-electron chi connectivity index (χ3n) is 5.34. The number of carbonyl (C=O) groups is 2. The fourth-order valence-electron chi connectivity index (χ4n) is 3.82. The molecule has 32 heavy (non-hydrogen) atoms. The first kappa shape index (κ1) is 21.7. The van der Waals surface area contributed by atoms with E-state index in [0.717, 1.165) is 6.42 Å². The van der Waals surface area contributed by atoms with Crippen LogP contribution in [0.2, 0.25) is 0 Å². The zero-order valence-electron chi connectivity index (χ0n) is 18.4. The molecule has 8 heteroatoms. The molecule has 0 aromatic heterocycles. The van der Waals surface area contributed by atoms with E-state index in [1.54, 1.807) is 37.3 Å². The van der Waals surface area contributed by atoms with Crippen LogP contribution in [0.3, 0.4) is 0 Å². The lowest BCUT2D eigenvalue weighted by atomic mass is 10.0. The number of fused-ring (bicyclic) bond motifs is 1. The molecule has 2 aliphatic rings. The van der Waals surface area contributed by atoms with E-state index in [4.69, 9.17) is 28.4 Å². The monoisotopic (exact) mass is 440 g/mol. The van der Waals surface area contributed by atoms with E-state index in [1.165, 1.54) is 21.3 Å². The van der Waals surface area contributed by atoms with Gasteiger partial charge in [0.05, 0.1) is 26.9 Å². The Morgan fingerprint density at radius 1 is 1.06 bits per heavy atom. The molecule has 1 fully saturated rings. The number of allylic oxidation sites excluding steroid dienone is 1. The molecule has 2 heterocycles. The summed E-state index contributed by atoms with van der Waals surface area (Å²) in [7, 11) is 4.55. The van der Waals surface area contributed by atoms with Gasteiger partial charge in [0.15, 0.2) is 23.4 Å². The summed E-state index contributed by atoms with van der Waals surface area (Å²) in [6.07, 6.45) is 2.51. The van der Waals surface area contributed by atoms with Crippen molar-refractivity contribution in [1.29, 1.82) is 0 Å². The third-order valence-corrected chi connectivity index (χ3v) is 5.34. The first-order valence-corrected chi connectivity index (χ1v) is 10.2. The third kappa shape index (κ3) is 4.01. The van der Waals surface area contributed by atoms with E-state index in [2.05, 4.69) is 0 Å². The molecule has 1 saturated heterocycles. The summed E-state index contributed by atoms with van der Waals surface area (Å²) in [4.78, 5) is 25.3. The first-order chi connectivity index (χ1) is 15.4. The average Bonchev–Trinajstić information content (AvgIpc) is 3.42. The van der Waals surface area contributed by atoms with Gasteiger partial charge in [0.2, 0.25) is 11.5 Å². The number of esters is 1. The zero-order chi connectivity index (χ0) is 22.8. The number of hydrogen-bond acceptors (Lipinski definition) is 8. The number of carbonyl (C=O) groups excluding carboxylic acids is 2. The molecule has 0 saturated carbocycles. The SMILES string of the molecule is COc1cc(/C=C2\Oc3cc(OC(=O)C4CCCO4)cc(C)c3C2=O)cc(OC)c1OC. The molecule has 8 nitrogen and oxygen atoms in total. The molecule has 0 N–H and O–H groups in total. The molecule has 0 bridgehead atoms. The van der Waals surface area contributed by atoms with Crippen molar-refractivity contribution >= 4 is 17.8 Å². The molecule has 168 valence electrons. The molecule has 2 aromatic rings. The minimum atomic E-state index is -0.554. The Labute approximate surface area is 185 Å². The van der Waals surface area contributed by atoms with Crippen molar-refractivity contribution in [2.24, 2.45) is 0 Å². The summed E-state index contributed by atoms with van der Waals surface area (Å²) in [6.45, 7) is 2.32. The summed E-state index contributed by atoms with van der Waals surface area (Å²) in [5.41, 5.74) is 1.72. The van der Waals surface area contributed by atoms with Crippen molar-refractivity contribution in [3.05, 3.63) is 46.7 Å². The van der Waals surface area contributed by atoms with E-state index in [0.29, 0.717) is 58.5 Å². The van der Waals surface area contributed by atoms with Crippen LogP contribution in [0, 0.1) is 6.92 Å². The van der Waals surface area contributed by atoms with Crippen molar-refractivity contribution in [1.82, 2.24) is 0 Å². The van der Waals surface area contributed by atoms with Crippen LogP contribution in [0.1, 0.15) is 34.3 Å². The smallest absolute Gasteiger partial charge is 0.340 e. The maximum absolute atomic E-state index is 13.0. The summed E-state index contributed by atoms with van der Waals surface area (Å²) in [5.74, 6) is 1.45. The Morgan fingerprint density at radius 3 is 2.38 bits per heavy atom. The molecule has 1 atom stereocenters. The largest absolute Gasteiger partial charge is 0.493 e. The number of aryl methyl sites for hydroxylation is 1.